The average molecular weight is 428 g/mol. The van der Waals surface area contributed by atoms with Crippen molar-refractivity contribution in [1.29, 1.82) is 0 Å². The lowest BCUT2D eigenvalue weighted by molar-refractivity contribution is -0.128. The van der Waals surface area contributed by atoms with E-state index in [0.717, 1.165) is 23.7 Å². The summed E-state index contributed by atoms with van der Waals surface area (Å²) in [7, 11) is 3.93. The number of Topliss-reactive ketones (excluding diaryl/α,β-unsaturated/α-hetero) is 2. The van der Waals surface area contributed by atoms with Crippen molar-refractivity contribution in [2.45, 2.75) is 58.6 Å². The molecule has 1 saturated heterocycles. The number of anilines is 1. The molecule has 1 fully saturated rings. The van der Waals surface area contributed by atoms with Gasteiger partial charge in [-0.2, -0.15) is 0 Å². The van der Waals surface area contributed by atoms with E-state index in [1.165, 1.54) is 18.6 Å². The van der Waals surface area contributed by atoms with Gasteiger partial charge < -0.3 is 10.5 Å². The third-order valence-electron chi connectivity index (χ3n) is 3.84. The summed E-state index contributed by atoms with van der Waals surface area (Å²) >= 11 is 0. The predicted molar refractivity (Wildman–Crippen MR) is 127 cm³/mol. The van der Waals surface area contributed by atoms with Crippen molar-refractivity contribution in [2.75, 3.05) is 24.7 Å². The number of carbonyl (C=O) groups excluding carboxylic acids is 2. The minimum atomic E-state index is -0.0378. The third-order valence-corrected chi connectivity index (χ3v) is 6.84. The van der Waals surface area contributed by atoms with Gasteiger partial charge in [-0.1, -0.05) is 55.0 Å². The number of unbranched alkanes of at least 4 members (excludes halogenated alkanes) is 1. The highest BCUT2D eigenvalue weighted by atomic mass is 33.1. The van der Waals surface area contributed by atoms with Crippen LogP contribution < -0.4 is 5.73 Å². The van der Waals surface area contributed by atoms with Crippen LogP contribution in [0.15, 0.2) is 37.4 Å². The van der Waals surface area contributed by atoms with Gasteiger partial charge >= 0.3 is 0 Å². The lowest BCUT2D eigenvalue weighted by atomic mass is 10.1. The fourth-order valence-electron chi connectivity index (χ4n) is 2.59. The summed E-state index contributed by atoms with van der Waals surface area (Å²) in [6, 6.07) is 7.25. The van der Waals surface area contributed by atoms with Crippen LogP contribution in [0.1, 0.15) is 52.5 Å². The Balaban J connectivity index is 0. The Morgan fingerprint density at radius 2 is 1.86 bits per heavy atom. The van der Waals surface area contributed by atoms with Crippen molar-refractivity contribution in [3.05, 3.63) is 43.0 Å². The normalized spacial score (nSPS) is 14.8. The summed E-state index contributed by atoms with van der Waals surface area (Å²) < 4.78 is 5.25. The van der Waals surface area contributed by atoms with E-state index >= 15 is 0 Å². The van der Waals surface area contributed by atoms with Crippen LogP contribution in [0.2, 0.25) is 0 Å². The number of nitrogens with two attached hydrogens (primary N) is 1. The summed E-state index contributed by atoms with van der Waals surface area (Å²) in [6.45, 7) is 6.02. The maximum atomic E-state index is 11.8. The highest BCUT2D eigenvalue weighted by Crippen LogP contribution is 2.39. The Kier molecular flexibility index (Phi) is 18.4. The second kappa shape index (κ2) is 17.8. The molecular formula is C22H37NO3S2. The Labute approximate surface area is 179 Å². The molecule has 1 aromatic rings. The van der Waals surface area contributed by atoms with Crippen LogP contribution in [0.5, 0.6) is 0 Å². The topological polar surface area (TPSA) is 69.4 Å². The molecule has 2 N–H and O–H groups in total. The van der Waals surface area contributed by atoms with E-state index in [9.17, 15) is 9.59 Å². The Morgan fingerprint density at radius 1 is 1.14 bits per heavy atom. The fraction of sp³-hybridized carbons (Fsp3) is 0.545. The second-order valence-corrected chi connectivity index (χ2v) is 8.85. The zero-order valence-corrected chi connectivity index (χ0v) is 16.9. The predicted octanol–water partition coefficient (Wildman–Crippen LogP) is 5.75. The van der Waals surface area contributed by atoms with Crippen molar-refractivity contribution >= 4 is 38.8 Å². The number of rotatable bonds is 11. The molecule has 1 aromatic carbocycles. The van der Waals surface area contributed by atoms with Crippen LogP contribution in [0, 0.1) is 0 Å². The maximum Gasteiger partial charge on any atom is 0.162 e. The van der Waals surface area contributed by atoms with E-state index < -0.39 is 0 Å². The number of benzene rings is 1. The minimum Gasteiger partial charge on any atom is -0.399 e. The Morgan fingerprint density at radius 3 is 2.50 bits per heavy atom. The molecular weight excluding hydrogens is 390 g/mol. The summed E-state index contributed by atoms with van der Waals surface area (Å²) in [5, 5.41) is 0.769. The molecule has 0 amide bonds. The van der Waals surface area contributed by atoms with Gasteiger partial charge in [-0.25, -0.2) is 0 Å². The van der Waals surface area contributed by atoms with Crippen molar-refractivity contribution in [3.8, 4) is 0 Å². The number of ketones is 2. The maximum absolute atomic E-state index is 11.8. The number of hydrogen-bond acceptors (Lipinski definition) is 6. The molecule has 2 rings (SSSR count). The Hall–Kier alpha value is -1.24. The van der Waals surface area contributed by atoms with Crippen LogP contribution in [-0.4, -0.2) is 35.8 Å². The number of ether oxygens (including phenoxy) is 1. The molecule has 0 aromatic heterocycles. The first kappa shape index (κ1) is 29.0. The van der Waals surface area contributed by atoms with E-state index in [-0.39, 0.29) is 46.1 Å². The lowest BCUT2D eigenvalue weighted by Crippen LogP contribution is -2.16. The van der Waals surface area contributed by atoms with Gasteiger partial charge in [0.2, 0.25) is 0 Å². The first-order chi connectivity index (χ1) is 12.6. The fourth-order valence-corrected chi connectivity index (χ4v) is 5.62. The van der Waals surface area contributed by atoms with Gasteiger partial charge in [-0.3, -0.25) is 9.59 Å². The van der Waals surface area contributed by atoms with E-state index in [4.69, 9.17) is 10.5 Å². The van der Waals surface area contributed by atoms with E-state index in [0.29, 0.717) is 12.1 Å². The van der Waals surface area contributed by atoms with Gasteiger partial charge in [-0.05, 0) is 37.0 Å². The molecule has 0 saturated carbocycles. The average Bonchev–Trinajstić information content (AvgIpc) is 3.14. The highest BCUT2D eigenvalue weighted by Gasteiger charge is 2.15. The van der Waals surface area contributed by atoms with Crippen LogP contribution in [-0.2, 0) is 20.7 Å². The van der Waals surface area contributed by atoms with Crippen molar-refractivity contribution in [3.63, 3.8) is 0 Å². The highest BCUT2D eigenvalue weighted by molar-refractivity contribution is 8.77. The van der Waals surface area contributed by atoms with Gasteiger partial charge in [-0.15, -0.1) is 13.2 Å². The molecule has 6 heteroatoms. The summed E-state index contributed by atoms with van der Waals surface area (Å²) in [6.07, 6.45) is 5.34. The molecule has 1 heterocycles. The van der Waals surface area contributed by atoms with Crippen LogP contribution in [0.25, 0.3) is 0 Å². The molecule has 0 aliphatic carbocycles. The van der Waals surface area contributed by atoms with E-state index in [1.807, 2.05) is 33.7 Å². The number of nitrogen functional groups attached to an aromatic ring is 1. The van der Waals surface area contributed by atoms with Crippen LogP contribution in [0.4, 0.5) is 5.69 Å². The summed E-state index contributed by atoms with van der Waals surface area (Å²) in [4.78, 5) is 23.6. The molecule has 28 heavy (non-hydrogen) atoms. The third kappa shape index (κ3) is 13.0. The zero-order chi connectivity index (χ0) is 19.2. The SMILES string of the molecule is C.C.C=C.Nc1cccc(CC(=O)COCC(=O)CCCCC2CCSS2)c1. The molecule has 1 unspecified atom stereocenters. The van der Waals surface area contributed by atoms with Crippen LogP contribution in [0.3, 0.4) is 0 Å². The van der Waals surface area contributed by atoms with Crippen molar-refractivity contribution in [1.82, 2.24) is 0 Å². The lowest BCUT2D eigenvalue weighted by Gasteiger charge is -2.07. The largest absolute Gasteiger partial charge is 0.399 e. The standard InChI is InChI=1S/C18H25NO3S2.C2H4.2CH4/c19-15-5-3-4-14(10-15)11-17(21)13-22-12-16(20)6-1-2-7-18-8-9-23-24-18;1-2;;/h3-5,10,18H,1-2,6-9,11-13,19H2;1-2H2;2*1H4. The Bertz CT molecular complexity index is 560. The zero-order valence-electron chi connectivity index (χ0n) is 15.3. The monoisotopic (exact) mass is 427 g/mol. The molecule has 0 spiro atoms. The first-order valence-corrected chi connectivity index (χ1v) is 11.3. The molecule has 1 aliphatic heterocycles. The van der Waals surface area contributed by atoms with Gasteiger partial charge in [0, 0.05) is 29.5 Å². The number of hydrogen-bond donors (Lipinski definition) is 1. The van der Waals surface area contributed by atoms with Crippen molar-refractivity contribution < 1.29 is 14.3 Å². The molecule has 160 valence electrons. The first-order valence-electron chi connectivity index (χ1n) is 8.87. The van der Waals surface area contributed by atoms with Gasteiger partial charge in [0.1, 0.15) is 13.2 Å². The molecule has 0 radical (unpaired) electrons. The van der Waals surface area contributed by atoms with Crippen LogP contribution >= 0.6 is 21.6 Å². The summed E-state index contributed by atoms with van der Waals surface area (Å²) in [5.74, 6) is 1.30. The number of carbonyl (C=O) groups is 2. The quantitative estimate of drug-likeness (QED) is 0.210. The summed E-state index contributed by atoms with van der Waals surface area (Å²) in [5.41, 5.74) is 7.20. The second-order valence-electron chi connectivity index (χ2n) is 6.07. The molecule has 4 nitrogen and oxygen atoms in total. The molecule has 1 atom stereocenters. The minimum absolute atomic E-state index is 0. The molecule has 1 aliphatic rings. The van der Waals surface area contributed by atoms with Gasteiger partial charge in [0.05, 0.1) is 0 Å². The smallest absolute Gasteiger partial charge is 0.162 e. The molecule has 0 bridgehead atoms. The van der Waals surface area contributed by atoms with E-state index in [1.54, 1.807) is 12.1 Å². The van der Waals surface area contributed by atoms with E-state index in [2.05, 4.69) is 13.2 Å². The van der Waals surface area contributed by atoms with Crippen molar-refractivity contribution in [2.24, 2.45) is 0 Å². The van der Waals surface area contributed by atoms with Gasteiger partial charge in [0.15, 0.2) is 11.6 Å². The van der Waals surface area contributed by atoms with Gasteiger partial charge in [0.25, 0.3) is 0 Å².